The lowest BCUT2D eigenvalue weighted by Gasteiger charge is -2.19. The number of nitrogens with zero attached hydrogens (tertiary/aromatic N) is 3. The predicted octanol–water partition coefficient (Wildman–Crippen LogP) is 8.21. The van der Waals surface area contributed by atoms with Crippen LogP contribution in [0, 0.1) is 39.2 Å². The van der Waals surface area contributed by atoms with Gasteiger partial charge in [0.05, 0.1) is 18.7 Å². The molecule has 0 unspecified atom stereocenters. The number of benzene rings is 2. The molecule has 4 rings (SSSR count). The highest BCUT2D eigenvalue weighted by Crippen LogP contribution is 2.44. The van der Waals surface area contributed by atoms with Crippen LogP contribution in [0.4, 0.5) is 11.6 Å². The summed E-state index contributed by atoms with van der Waals surface area (Å²) in [6.07, 6.45) is -0.448. The Hall–Kier alpha value is -3.89. The topological polar surface area (TPSA) is 25.7 Å². The molecule has 0 atom stereocenters. The molecule has 0 aliphatic rings. The van der Waals surface area contributed by atoms with Crippen molar-refractivity contribution in [3.8, 4) is 22.4 Å². The third-order valence-corrected chi connectivity index (χ3v) is 5.59. The van der Waals surface area contributed by atoms with E-state index in [4.69, 9.17) is 28.5 Å². The van der Waals surface area contributed by atoms with Gasteiger partial charge in [0.1, 0.15) is 12.6 Å². The fourth-order valence-corrected chi connectivity index (χ4v) is 4.15. The Morgan fingerprint density at radius 2 is 1.76 bits per heavy atom. The van der Waals surface area contributed by atoms with E-state index in [1.54, 1.807) is 50.6 Å². The molecular weight excluding hydrogens is 418 g/mol. The average Bonchev–Trinajstić information content (AvgIpc) is 3.24. The van der Waals surface area contributed by atoms with E-state index in [-0.39, 0.29) is 39.4 Å². The molecule has 0 saturated carbocycles. The van der Waals surface area contributed by atoms with Crippen LogP contribution in [0.25, 0.3) is 43.0 Å². The van der Waals surface area contributed by atoms with Gasteiger partial charge in [-0.2, -0.15) is 0 Å². The summed E-state index contributed by atoms with van der Waals surface area (Å²) in [6.45, 7) is 16.7. The lowest BCUT2D eigenvalue weighted by atomic mass is 9.86. The maximum Gasteiger partial charge on any atom is 0.352 e. The van der Waals surface area contributed by atoms with Crippen LogP contribution >= 0.6 is 0 Å². The fraction of sp³-hybridized carbons (Fsp3) is 0.300. The van der Waals surface area contributed by atoms with Crippen molar-refractivity contribution in [1.82, 2.24) is 0 Å². The first-order valence-electron chi connectivity index (χ1n) is 14.7. The first-order valence-corrected chi connectivity index (χ1v) is 10.7. The summed E-state index contributed by atoms with van der Waals surface area (Å²) >= 11 is 0. The Morgan fingerprint density at radius 3 is 2.41 bits per heavy atom. The van der Waals surface area contributed by atoms with Crippen LogP contribution in [-0.2, 0) is 13.4 Å². The molecule has 0 bridgehead atoms. The smallest absolute Gasteiger partial charge is 0.352 e. The van der Waals surface area contributed by atoms with Gasteiger partial charge in [0.2, 0.25) is 11.4 Å². The number of fused-ring (bicyclic) bond motifs is 1. The van der Waals surface area contributed by atoms with Gasteiger partial charge < -0.3 is 4.42 Å². The highest BCUT2D eigenvalue weighted by molar-refractivity contribution is 6.05. The van der Waals surface area contributed by atoms with E-state index in [0.29, 0.717) is 22.2 Å². The Labute approximate surface area is 213 Å². The van der Waals surface area contributed by atoms with Crippen molar-refractivity contribution >= 4 is 22.5 Å². The second kappa shape index (κ2) is 8.47. The summed E-state index contributed by atoms with van der Waals surface area (Å²) in [6, 6.07) is 9.36. The molecule has 0 aliphatic heterocycles. The lowest BCUT2D eigenvalue weighted by Crippen LogP contribution is -2.31. The van der Waals surface area contributed by atoms with Crippen LogP contribution in [0.2, 0.25) is 0 Å². The summed E-state index contributed by atoms with van der Waals surface area (Å²) < 4.78 is 74.6. The van der Waals surface area contributed by atoms with Crippen molar-refractivity contribution in [3.05, 3.63) is 87.7 Å². The van der Waals surface area contributed by atoms with E-state index < -0.39 is 25.5 Å². The van der Waals surface area contributed by atoms with E-state index >= 15 is 0 Å². The molecule has 4 nitrogen and oxygen atoms in total. The first-order chi connectivity index (χ1) is 19.2. The quantitative estimate of drug-likeness (QED) is 0.225. The normalized spacial score (nSPS) is 16.1. The maximum atomic E-state index is 8.70. The van der Waals surface area contributed by atoms with Gasteiger partial charge in [0.15, 0.2) is 6.20 Å². The fourth-order valence-electron chi connectivity index (χ4n) is 4.15. The molecule has 0 aliphatic carbocycles. The zero-order chi connectivity index (χ0) is 31.6. The molecule has 170 valence electrons. The Kier molecular flexibility index (Phi) is 3.76. The third-order valence-electron chi connectivity index (χ3n) is 5.59. The van der Waals surface area contributed by atoms with E-state index in [1.165, 1.54) is 24.4 Å². The number of aryl methyl sites for hydroxylation is 4. The van der Waals surface area contributed by atoms with Crippen molar-refractivity contribution in [1.29, 1.82) is 0 Å². The second-order valence-electron chi connectivity index (χ2n) is 9.35. The molecule has 4 heteroatoms. The van der Waals surface area contributed by atoms with E-state index in [1.807, 2.05) is 6.92 Å². The SMILES string of the molecule is [2H]C([2H])([2H])c1cc(C([2H])([2H])C(C)(C)C)ccc1-c1cc(-c2c(C)ccc3c([N+]#[C-])c([N+]#[C-])oc23)[n+](C)cc1C([2H])([2H])[2H]. The highest BCUT2D eigenvalue weighted by atomic mass is 16.3. The predicted molar refractivity (Wildman–Crippen MR) is 138 cm³/mol. The molecule has 2 aromatic heterocycles. The molecule has 0 radical (unpaired) electrons. The Balaban J connectivity index is 2.13. The van der Waals surface area contributed by atoms with Gasteiger partial charge in [-0.25, -0.2) is 14.3 Å². The van der Waals surface area contributed by atoms with Gasteiger partial charge in [0.25, 0.3) is 0 Å². The van der Waals surface area contributed by atoms with Crippen LogP contribution < -0.4 is 4.57 Å². The number of pyridine rings is 1. The molecule has 2 aromatic carbocycles. The summed E-state index contributed by atoms with van der Waals surface area (Å²) in [5.41, 5.74) is 1.49. The van der Waals surface area contributed by atoms with Crippen molar-refractivity contribution in [2.45, 2.75) is 47.8 Å². The minimum atomic E-state index is -2.69. The first kappa shape index (κ1) is 15.1. The molecule has 4 aromatic rings. The van der Waals surface area contributed by atoms with Gasteiger partial charge in [-0.1, -0.05) is 51.1 Å². The Morgan fingerprint density at radius 1 is 1.00 bits per heavy atom. The summed E-state index contributed by atoms with van der Waals surface area (Å²) in [5, 5.41) is 0.440. The van der Waals surface area contributed by atoms with Crippen LogP contribution in [0.5, 0.6) is 0 Å². The van der Waals surface area contributed by atoms with Gasteiger partial charge in [-0.05, 0) is 60.2 Å². The van der Waals surface area contributed by atoms with Crippen LogP contribution in [-0.4, -0.2) is 0 Å². The van der Waals surface area contributed by atoms with E-state index in [9.17, 15) is 0 Å². The average molecular weight is 457 g/mol. The summed E-state index contributed by atoms with van der Waals surface area (Å²) in [5.74, 6) is -0.151. The van der Waals surface area contributed by atoms with Gasteiger partial charge in [-0.3, -0.25) is 0 Å². The number of rotatable bonds is 3. The van der Waals surface area contributed by atoms with E-state index in [2.05, 4.69) is 9.69 Å². The minimum absolute atomic E-state index is 0.0802. The van der Waals surface area contributed by atoms with Crippen molar-refractivity contribution < 1.29 is 20.0 Å². The maximum absolute atomic E-state index is 8.70. The van der Waals surface area contributed by atoms with Crippen molar-refractivity contribution in [2.24, 2.45) is 12.5 Å². The molecule has 0 fully saturated rings. The van der Waals surface area contributed by atoms with Gasteiger partial charge in [0, 0.05) is 28.0 Å². The lowest BCUT2D eigenvalue weighted by molar-refractivity contribution is -0.660. The third kappa shape index (κ3) is 4.09. The molecule has 0 spiro atoms. The monoisotopic (exact) mass is 456 g/mol. The number of hydrogen-bond acceptors (Lipinski definition) is 1. The van der Waals surface area contributed by atoms with Crippen LogP contribution in [0.1, 0.15) is 54.0 Å². The zero-order valence-corrected chi connectivity index (χ0v) is 19.8. The summed E-state index contributed by atoms with van der Waals surface area (Å²) in [4.78, 5) is 6.84. The van der Waals surface area contributed by atoms with E-state index in [0.717, 1.165) is 5.56 Å². The number of hydrogen-bond donors (Lipinski definition) is 0. The molecule has 34 heavy (non-hydrogen) atoms. The largest absolute Gasteiger partial charge is 0.489 e. The number of furan rings is 1. The molecule has 0 N–H and O–H groups in total. The van der Waals surface area contributed by atoms with Crippen LogP contribution in [0.15, 0.2) is 47.0 Å². The Bertz CT molecular complexity index is 1810. The molecular formula is C30H30N3O+. The van der Waals surface area contributed by atoms with Crippen molar-refractivity contribution in [3.63, 3.8) is 0 Å². The zero-order valence-electron chi connectivity index (χ0n) is 27.8. The van der Waals surface area contributed by atoms with Crippen LogP contribution in [0.3, 0.4) is 0 Å². The standard InChI is InChI=1S/C30H30N3O/c1-18-10-12-23-27(31-7)29(32-8)34-28(23)26(18)25-15-24(20(3)17-33(25)9)22-13-11-21(14-19(22)2)16-30(4,5)6/h10-15,17H,16H2,1-6,9H3/q+1/i2D3,3D3,16D2. The number of aromatic nitrogens is 1. The second-order valence-corrected chi connectivity index (χ2v) is 9.35. The highest BCUT2D eigenvalue weighted by Gasteiger charge is 2.25. The molecule has 0 saturated heterocycles. The van der Waals surface area contributed by atoms with Crippen molar-refractivity contribution in [2.75, 3.05) is 0 Å². The van der Waals surface area contributed by atoms with Gasteiger partial charge >= 0.3 is 5.88 Å². The molecule has 2 heterocycles. The molecule has 0 amide bonds. The summed E-state index contributed by atoms with van der Waals surface area (Å²) in [7, 11) is 1.66. The van der Waals surface area contributed by atoms with Gasteiger partial charge in [-0.15, -0.1) is 0 Å². The minimum Gasteiger partial charge on any atom is -0.489 e.